The number of ether oxygens (including phenoxy) is 1. The number of carbonyl (C=O) groups excluding carboxylic acids is 1. The number of nitrogens with zero attached hydrogens (tertiary/aromatic N) is 2. The Hall–Kier alpha value is -2.18. The van der Waals surface area contributed by atoms with E-state index in [2.05, 4.69) is 29.2 Å². The molecule has 3 rings (SSSR count). The number of benzene rings is 2. The summed E-state index contributed by atoms with van der Waals surface area (Å²) in [5, 5.41) is 11.1. The Morgan fingerprint density at radius 1 is 1.12 bits per heavy atom. The van der Waals surface area contributed by atoms with E-state index in [1.807, 2.05) is 56.3 Å². The summed E-state index contributed by atoms with van der Waals surface area (Å²) in [6.45, 7) is 6.02. The summed E-state index contributed by atoms with van der Waals surface area (Å²) in [7, 11) is 2.04. The Morgan fingerprint density at radius 3 is 2.31 bits per heavy atom. The Bertz CT molecular complexity index is 860. The number of rotatable bonds is 9. The normalized spacial score (nSPS) is 15.6. The van der Waals surface area contributed by atoms with Crippen LogP contribution in [-0.2, 0) is 11.2 Å². The molecule has 0 aliphatic carbocycles. The lowest BCUT2D eigenvalue weighted by molar-refractivity contribution is -0.134. The van der Waals surface area contributed by atoms with E-state index in [4.69, 9.17) is 4.74 Å². The number of hydrogen-bond donors (Lipinski definition) is 1. The van der Waals surface area contributed by atoms with Crippen LogP contribution in [0, 0.1) is 0 Å². The first kappa shape index (κ1) is 24.5. The minimum atomic E-state index is -0.717. The second-order valence-electron chi connectivity index (χ2n) is 8.96. The second kappa shape index (κ2) is 11.1. The van der Waals surface area contributed by atoms with Crippen molar-refractivity contribution < 1.29 is 14.6 Å². The van der Waals surface area contributed by atoms with Gasteiger partial charge in [-0.05, 0) is 81.3 Å². The molecular formula is C26H36N2O3S. The lowest BCUT2D eigenvalue weighted by atomic mass is 9.87. The number of piperidine rings is 1. The predicted octanol–water partition coefficient (Wildman–Crippen LogP) is 4.62. The van der Waals surface area contributed by atoms with E-state index in [-0.39, 0.29) is 12.0 Å². The van der Waals surface area contributed by atoms with Gasteiger partial charge >= 0.3 is 0 Å². The summed E-state index contributed by atoms with van der Waals surface area (Å²) in [6.07, 6.45) is 4.56. The van der Waals surface area contributed by atoms with E-state index in [1.54, 1.807) is 11.8 Å². The van der Waals surface area contributed by atoms with Crippen molar-refractivity contribution in [2.75, 3.05) is 37.8 Å². The quantitative estimate of drug-likeness (QED) is 0.558. The van der Waals surface area contributed by atoms with Crippen LogP contribution in [0.4, 0.5) is 5.69 Å². The van der Waals surface area contributed by atoms with Crippen molar-refractivity contribution in [3.63, 3.8) is 0 Å². The van der Waals surface area contributed by atoms with Crippen LogP contribution in [-0.4, -0.2) is 60.6 Å². The molecule has 5 nitrogen and oxygen atoms in total. The molecule has 0 spiro atoms. The molecule has 0 saturated carbocycles. The van der Waals surface area contributed by atoms with Crippen LogP contribution in [0.3, 0.4) is 0 Å². The van der Waals surface area contributed by atoms with Gasteiger partial charge in [-0.25, -0.2) is 0 Å². The lowest BCUT2D eigenvalue weighted by Gasteiger charge is -2.39. The molecule has 1 heterocycles. The summed E-state index contributed by atoms with van der Waals surface area (Å²) < 4.78 is 5.71. The third-order valence-electron chi connectivity index (χ3n) is 6.12. The van der Waals surface area contributed by atoms with Crippen LogP contribution < -0.4 is 9.64 Å². The molecule has 1 amide bonds. The maximum atomic E-state index is 12.7. The predicted molar refractivity (Wildman–Crippen MR) is 133 cm³/mol. The SMILES string of the molecule is CSc1ccc(CC(=O)N2CCC(O)(CCN(C)c3ccc(OC(C)C)cc3)CC2)cc1. The van der Waals surface area contributed by atoms with E-state index in [9.17, 15) is 9.90 Å². The smallest absolute Gasteiger partial charge is 0.226 e. The third kappa shape index (κ3) is 6.91. The summed E-state index contributed by atoms with van der Waals surface area (Å²) in [4.78, 5) is 18.0. The number of amides is 1. The number of likely N-dealkylation sites (tertiary alicyclic amines) is 1. The topological polar surface area (TPSA) is 53.0 Å². The fourth-order valence-corrected chi connectivity index (χ4v) is 4.42. The number of anilines is 1. The molecule has 2 aromatic rings. The highest BCUT2D eigenvalue weighted by Crippen LogP contribution is 2.28. The maximum Gasteiger partial charge on any atom is 0.226 e. The summed E-state index contributed by atoms with van der Waals surface area (Å²) in [5.74, 6) is 1.01. The van der Waals surface area contributed by atoms with Gasteiger partial charge in [-0.2, -0.15) is 0 Å². The fraction of sp³-hybridized carbons (Fsp3) is 0.500. The molecule has 6 heteroatoms. The monoisotopic (exact) mass is 456 g/mol. The van der Waals surface area contributed by atoms with Crippen molar-refractivity contribution in [3.8, 4) is 5.75 Å². The van der Waals surface area contributed by atoms with Crippen LogP contribution in [0.5, 0.6) is 5.75 Å². The van der Waals surface area contributed by atoms with Gasteiger partial charge in [0.05, 0.1) is 18.1 Å². The van der Waals surface area contributed by atoms with Crippen LogP contribution >= 0.6 is 11.8 Å². The van der Waals surface area contributed by atoms with Crippen LogP contribution in [0.1, 0.15) is 38.7 Å². The van der Waals surface area contributed by atoms with Gasteiger partial charge in [0.25, 0.3) is 0 Å². The molecule has 1 aliphatic heterocycles. The minimum Gasteiger partial charge on any atom is -0.491 e. The molecule has 0 bridgehead atoms. The zero-order valence-corrected chi connectivity index (χ0v) is 20.5. The largest absolute Gasteiger partial charge is 0.491 e. The van der Waals surface area contributed by atoms with E-state index in [0.717, 1.165) is 23.5 Å². The first-order valence-electron chi connectivity index (χ1n) is 11.4. The van der Waals surface area contributed by atoms with Crippen molar-refractivity contribution in [1.82, 2.24) is 4.90 Å². The number of hydrogen-bond acceptors (Lipinski definition) is 5. The highest BCUT2D eigenvalue weighted by atomic mass is 32.2. The van der Waals surface area contributed by atoms with Gasteiger partial charge in [0.15, 0.2) is 0 Å². The van der Waals surface area contributed by atoms with Crippen LogP contribution in [0.25, 0.3) is 0 Å². The van der Waals surface area contributed by atoms with E-state index >= 15 is 0 Å². The molecule has 1 N–H and O–H groups in total. The molecule has 1 saturated heterocycles. The summed E-state index contributed by atoms with van der Waals surface area (Å²) >= 11 is 1.70. The van der Waals surface area contributed by atoms with Gasteiger partial charge < -0.3 is 19.6 Å². The molecular weight excluding hydrogens is 420 g/mol. The highest BCUT2D eigenvalue weighted by Gasteiger charge is 2.33. The minimum absolute atomic E-state index is 0.143. The Morgan fingerprint density at radius 2 is 1.75 bits per heavy atom. The van der Waals surface area contributed by atoms with Crippen molar-refractivity contribution >= 4 is 23.4 Å². The van der Waals surface area contributed by atoms with Gasteiger partial charge in [-0.3, -0.25) is 4.79 Å². The molecule has 1 aliphatic rings. The van der Waals surface area contributed by atoms with Crippen molar-refractivity contribution in [2.24, 2.45) is 0 Å². The van der Waals surface area contributed by atoms with Crippen molar-refractivity contribution in [3.05, 3.63) is 54.1 Å². The van der Waals surface area contributed by atoms with Crippen LogP contribution in [0.2, 0.25) is 0 Å². The Kier molecular flexibility index (Phi) is 8.49. The number of carbonyl (C=O) groups is 1. The zero-order valence-electron chi connectivity index (χ0n) is 19.7. The number of aliphatic hydroxyl groups is 1. The lowest BCUT2D eigenvalue weighted by Crippen LogP contribution is -2.48. The average Bonchev–Trinajstić information content (AvgIpc) is 2.78. The van der Waals surface area contributed by atoms with E-state index in [0.29, 0.717) is 38.8 Å². The van der Waals surface area contributed by atoms with Gasteiger partial charge in [0.2, 0.25) is 5.91 Å². The standard InChI is InChI=1S/C26H36N2O3S/c1-20(2)31-23-9-7-22(8-10-23)27(3)16-13-26(30)14-17-28(18-15-26)25(29)19-21-5-11-24(32-4)12-6-21/h5-12,20,30H,13-19H2,1-4H3. The molecule has 0 unspecified atom stereocenters. The highest BCUT2D eigenvalue weighted by molar-refractivity contribution is 7.98. The van der Waals surface area contributed by atoms with E-state index in [1.165, 1.54) is 4.90 Å². The molecule has 0 aromatic heterocycles. The molecule has 174 valence electrons. The van der Waals surface area contributed by atoms with Crippen molar-refractivity contribution in [2.45, 2.75) is 56.1 Å². The fourth-order valence-electron chi connectivity index (χ4n) is 4.01. The van der Waals surface area contributed by atoms with Gasteiger partial charge in [-0.1, -0.05) is 12.1 Å². The molecule has 1 fully saturated rings. The Labute approximate surface area is 196 Å². The molecule has 2 aromatic carbocycles. The van der Waals surface area contributed by atoms with Gasteiger partial charge in [-0.15, -0.1) is 11.8 Å². The van der Waals surface area contributed by atoms with E-state index < -0.39 is 5.60 Å². The van der Waals surface area contributed by atoms with Gasteiger partial charge in [0.1, 0.15) is 5.75 Å². The first-order chi connectivity index (χ1) is 15.3. The third-order valence-corrected chi connectivity index (χ3v) is 6.87. The Balaban J connectivity index is 1.45. The average molecular weight is 457 g/mol. The van der Waals surface area contributed by atoms with Gasteiger partial charge in [0, 0.05) is 37.3 Å². The maximum absolute atomic E-state index is 12.7. The zero-order chi connectivity index (χ0) is 23.1. The molecule has 0 atom stereocenters. The number of thioether (sulfide) groups is 1. The summed E-state index contributed by atoms with van der Waals surface area (Å²) in [6, 6.07) is 16.2. The molecule has 32 heavy (non-hydrogen) atoms. The van der Waals surface area contributed by atoms with Crippen molar-refractivity contribution in [1.29, 1.82) is 0 Å². The van der Waals surface area contributed by atoms with Crippen LogP contribution in [0.15, 0.2) is 53.4 Å². The first-order valence-corrected chi connectivity index (χ1v) is 12.6. The second-order valence-corrected chi connectivity index (χ2v) is 9.84. The summed E-state index contributed by atoms with van der Waals surface area (Å²) in [5.41, 5.74) is 1.43. The molecule has 0 radical (unpaired) electrons.